The molecule has 0 spiro atoms. The van der Waals surface area contributed by atoms with Crippen LogP contribution in [0, 0.1) is 20.8 Å². The molecule has 0 fully saturated rings. The zero-order valence-electron chi connectivity index (χ0n) is 12.3. The summed E-state index contributed by atoms with van der Waals surface area (Å²) in [5.74, 6) is 2.75. The Hall–Kier alpha value is -2.43. The molecule has 0 atom stereocenters. The summed E-state index contributed by atoms with van der Waals surface area (Å²) >= 11 is 0. The minimum absolute atomic E-state index is 0.125. The molecule has 2 heterocycles. The zero-order chi connectivity index (χ0) is 15.0. The molecule has 5 nitrogen and oxygen atoms in total. The van der Waals surface area contributed by atoms with Gasteiger partial charge in [0.05, 0.1) is 5.56 Å². The highest BCUT2D eigenvalue weighted by atomic mass is 16.7. The van der Waals surface area contributed by atoms with Crippen LogP contribution < -0.4 is 14.8 Å². The fourth-order valence-corrected chi connectivity index (χ4v) is 2.45. The maximum absolute atomic E-state index is 12.3. The molecule has 0 unspecified atom stereocenters. The first kappa shape index (κ1) is 13.5. The lowest BCUT2D eigenvalue weighted by molar-refractivity contribution is 0.0949. The highest BCUT2D eigenvalue weighted by molar-refractivity contribution is 5.96. The Bertz CT molecular complexity index is 703. The normalized spacial score (nSPS) is 12.5. The van der Waals surface area contributed by atoms with Gasteiger partial charge in [-0.3, -0.25) is 4.79 Å². The predicted octanol–water partition coefficient (Wildman–Crippen LogP) is 2.86. The number of furan rings is 1. The van der Waals surface area contributed by atoms with Gasteiger partial charge >= 0.3 is 0 Å². The van der Waals surface area contributed by atoms with E-state index >= 15 is 0 Å². The summed E-state index contributed by atoms with van der Waals surface area (Å²) in [7, 11) is 0. The summed E-state index contributed by atoms with van der Waals surface area (Å²) in [5.41, 5.74) is 2.46. The maximum atomic E-state index is 12.3. The highest BCUT2D eigenvalue weighted by Crippen LogP contribution is 2.32. The Morgan fingerprint density at radius 2 is 1.90 bits per heavy atom. The first-order valence-corrected chi connectivity index (χ1v) is 6.79. The van der Waals surface area contributed by atoms with Crippen LogP contribution in [-0.4, -0.2) is 12.7 Å². The summed E-state index contributed by atoms with van der Waals surface area (Å²) in [5, 5.41) is 2.91. The van der Waals surface area contributed by atoms with Gasteiger partial charge in [-0.25, -0.2) is 0 Å². The fourth-order valence-electron chi connectivity index (χ4n) is 2.45. The Morgan fingerprint density at radius 1 is 1.14 bits per heavy atom. The zero-order valence-corrected chi connectivity index (χ0v) is 12.3. The van der Waals surface area contributed by atoms with Crippen molar-refractivity contribution in [3.05, 3.63) is 46.4 Å². The molecule has 0 bridgehead atoms. The Kier molecular flexibility index (Phi) is 3.33. The van der Waals surface area contributed by atoms with E-state index in [2.05, 4.69) is 5.32 Å². The molecule has 1 aromatic carbocycles. The van der Waals surface area contributed by atoms with E-state index in [0.29, 0.717) is 23.6 Å². The van der Waals surface area contributed by atoms with Crippen LogP contribution in [0.2, 0.25) is 0 Å². The van der Waals surface area contributed by atoms with E-state index in [0.717, 1.165) is 22.6 Å². The number of aryl methyl sites for hydroxylation is 2. The third-order valence-corrected chi connectivity index (χ3v) is 3.68. The summed E-state index contributed by atoms with van der Waals surface area (Å²) in [6.45, 7) is 6.23. The van der Waals surface area contributed by atoms with Crippen LogP contribution in [0.25, 0.3) is 0 Å². The molecule has 21 heavy (non-hydrogen) atoms. The van der Waals surface area contributed by atoms with Crippen LogP contribution in [0.15, 0.2) is 22.6 Å². The monoisotopic (exact) mass is 287 g/mol. The largest absolute Gasteiger partial charge is 0.466 e. The summed E-state index contributed by atoms with van der Waals surface area (Å²) in [4.78, 5) is 12.3. The van der Waals surface area contributed by atoms with E-state index in [9.17, 15) is 4.79 Å². The average molecular weight is 287 g/mol. The van der Waals surface area contributed by atoms with Gasteiger partial charge in [0, 0.05) is 12.1 Å². The SMILES string of the molecule is Cc1oc(C)c(C(=O)NCc2ccc3c(c2)OCO3)c1C. The second-order valence-corrected chi connectivity index (χ2v) is 5.08. The molecule has 0 saturated heterocycles. The van der Waals surface area contributed by atoms with Crippen molar-refractivity contribution in [3.63, 3.8) is 0 Å². The lowest BCUT2D eigenvalue weighted by atomic mass is 10.1. The number of carbonyl (C=O) groups is 1. The van der Waals surface area contributed by atoms with Gasteiger partial charge in [-0.1, -0.05) is 6.07 Å². The van der Waals surface area contributed by atoms with Crippen LogP contribution in [0.5, 0.6) is 11.5 Å². The van der Waals surface area contributed by atoms with Crippen molar-refractivity contribution in [2.45, 2.75) is 27.3 Å². The van der Waals surface area contributed by atoms with Crippen LogP contribution in [0.1, 0.15) is 33.0 Å². The van der Waals surface area contributed by atoms with Crippen molar-refractivity contribution in [3.8, 4) is 11.5 Å². The number of fused-ring (bicyclic) bond motifs is 1. The number of rotatable bonds is 3. The van der Waals surface area contributed by atoms with Gasteiger partial charge in [-0.15, -0.1) is 0 Å². The smallest absolute Gasteiger partial charge is 0.255 e. The molecular weight excluding hydrogens is 270 g/mol. The second kappa shape index (κ2) is 5.16. The van der Waals surface area contributed by atoms with Crippen molar-refractivity contribution >= 4 is 5.91 Å². The summed E-state index contributed by atoms with van der Waals surface area (Å²) < 4.78 is 16.1. The topological polar surface area (TPSA) is 60.7 Å². The number of hydrogen-bond donors (Lipinski definition) is 1. The van der Waals surface area contributed by atoms with Gasteiger partial charge in [-0.05, 0) is 38.5 Å². The minimum Gasteiger partial charge on any atom is -0.466 e. The van der Waals surface area contributed by atoms with E-state index in [1.807, 2.05) is 32.0 Å². The molecule has 2 aromatic rings. The van der Waals surface area contributed by atoms with E-state index in [1.54, 1.807) is 6.92 Å². The van der Waals surface area contributed by atoms with Gasteiger partial charge in [0.15, 0.2) is 11.5 Å². The van der Waals surface area contributed by atoms with Crippen LogP contribution in [0.4, 0.5) is 0 Å². The molecule has 0 radical (unpaired) electrons. The van der Waals surface area contributed by atoms with Gasteiger partial charge in [-0.2, -0.15) is 0 Å². The number of benzene rings is 1. The quantitative estimate of drug-likeness (QED) is 0.943. The van der Waals surface area contributed by atoms with E-state index in [1.165, 1.54) is 0 Å². The number of hydrogen-bond acceptors (Lipinski definition) is 4. The number of carbonyl (C=O) groups excluding carboxylic acids is 1. The fraction of sp³-hybridized carbons (Fsp3) is 0.312. The molecule has 1 aliphatic rings. The summed E-state index contributed by atoms with van der Waals surface area (Å²) in [6, 6.07) is 5.64. The van der Waals surface area contributed by atoms with Crippen LogP contribution >= 0.6 is 0 Å². The number of nitrogens with one attached hydrogen (secondary N) is 1. The van der Waals surface area contributed by atoms with E-state index < -0.39 is 0 Å². The molecule has 110 valence electrons. The first-order valence-electron chi connectivity index (χ1n) is 6.79. The molecule has 1 amide bonds. The van der Waals surface area contributed by atoms with Gasteiger partial charge in [0.2, 0.25) is 6.79 Å². The lowest BCUT2D eigenvalue weighted by Crippen LogP contribution is -2.23. The molecule has 1 aliphatic heterocycles. The second-order valence-electron chi connectivity index (χ2n) is 5.08. The number of amides is 1. The van der Waals surface area contributed by atoms with Crippen molar-refractivity contribution < 1.29 is 18.7 Å². The van der Waals surface area contributed by atoms with E-state index in [-0.39, 0.29) is 12.7 Å². The van der Waals surface area contributed by atoms with Crippen molar-refractivity contribution in [1.29, 1.82) is 0 Å². The van der Waals surface area contributed by atoms with Crippen LogP contribution in [-0.2, 0) is 6.54 Å². The van der Waals surface area contributed by atoms with Gasteiger partial charge in [0.25, 0.3) is 5.91 Å². The minimum atomic E-state index is -0.125. The van der Waals surface area contributed by atoms with Gasteiger partial charge in [0.1, 0.15) is 11.5 Å². The maximum Gasteiger partial charge on any atom is 0.255 e. The molecule has 1 aromatic heterocycles. The molecule has 1 N–H and O–H groups in total. The standard InChI is InChI=1S/C16H17NO4/c1-9-10(2)21-11(3)15(9)16(18)17-7-12-4-5-13-14(6-12)20-8-19-13/h4-6H,7-8H2,1-3H3,(H,17,18). The van der Waals surface area contributed by atoms with Gasteiger partial charge < -0.3 is 19.2 Å². The molecule has 0 aliphatic carbocycles. The van der Waals surface area contributed by atoms with Crippen molar-refractivity contribution in [2.24, 2.45) is 0 Å². The van der Waals surface area contributed by atoms with Crippen molar-refractivity contribution in [2.75, 3.05) is 6.79 Å². The Balaban J connectivity index is 1.71. The molecular formula is C16H17NO4. The number of ether oxygens (including phenoxy) is 2. The molecule has 5 heteroatoms. The Morgan fingerprint density at radius 3 is 2.62 bits per heavy atom. The summed E-state index contributed by atoms with van der Waals surface area (Å²) in [6.07, 6.45) is 0. The third kappa shape index (κ3) is 2.46. The average Bonchev–Trinajstić information content (AvgIpc) is 3.01. The van der Waals surface area contributed by atoms with E-state index in [4.69, 9.17) is 13.9 Å². The Labute approximate surface area is 122 Å². The lowest BCUT2D eigenvalue weighted by Gasteiger charge is -2.06. The predicted molar refractivity (Wildman–Crippen MR) is 76.7 cm³/mol. The van der Waals surface area contributed by atoms with Crippen molar-refractivity contribution in [1.82, 2.24) is 5.32 Å². The van der Waals surface area contributed by atoms with Crippen LogP contribution in [0.3, 0.4) is 0 Å². The molecule has 3 rings (SSSR count). The molecule has 0 saturated carbocycles. The highest BCUT2D eigenvalue weighted by Gasteiger charge is 2.19. The first-order chi connectivity index (χ1) is 10.1. The third-order valence-electron chi connectivity index (χ3n) is 3.68.